The molecule has 0 aliphatic carbocycles. The van der Waals surface area contributed by atoms with E-state index in [1.165, 1.54) is 12.1 Å². The van der Waals surface area contributed by atoms with Crippen molar-refractivity contribution in [3.8, 4) is 11.1 Å². The van der Waals surface area contributed by atoms with Crippen molar-refractivity contribution in [2.75, 3.05) is 7.05 Å². The number of benzene rings is 2. The second kappa shape index (κ2) is 6.14. The van der Waals surface area contributed by atoms with E-state index in [1.807, 2.05) is 25.2 Å². The van der Waals surface area contributed by atoms with Crippen molar-refractivity contribution in [3.63, 3.8) is 0 Å². The second-order valence-electron chi connectivity index (χ2n) is 4.96. The van der Waals surface area contributed by atoms with Crippen LogP contribution in [0.2, 0.25) is 0 Å². The first-order valence-electron chi connectivity index (χ1n) is 6.80. The number of aryl methyl sites for hydroxylation is 1. The highest BCUT2D eigenvalue weighted by molar-refractivity contribution is 5.65. The molecule has 0 amide bonds. The molecule has 0 aliphatic rings. The van der Waals surface area contributed by atoms with Gasteiger partial charge in [0.2, 0.25) is 0 Å². The predicted octanol–water partition coefficient (Wildman–Crippen LogP) is 4.61. The van der Waals surface area contributed by atoms with Crippen LogP contribution in [0.4, 0.5) is 8.78 Å². The van der Waals surface area contributed by atoms with Gasteiger partial charge >= 0.3 is 0 Å². The van der Waals surface area contributed by atoms with Crippen molar-refractivity contribution < 1.29 is 8.78 Å². The van der Waals surface area contributed by atoms with Gasteiger partial charge in [-0.1, -0.05) is 25.1 Å². The summed E-state index contributed by atoms with van der Waals surface area (Å²) in [6.45, 7) is 3.65. The molecule has 106 valence electrons. The van der Waals surface area contributed by atoms with E-state index in [2.05, 4.69) is 12.2 Å². The third-order valence-corrected chi connectivity index (χ3v) is 3.61. The van der Waals surface area contributed by atoms with E-state index < -0.39 is 5.82 Å². The molecule has 0 saturated heterocycles. The summed E-state index contributed by atoms with van der Waals surface area (Å²) in [7, 11) is 1.90. The molecule has 0 aliphatic heterocycles. The van der Waals surface area contributed by atoms with Crippen LogP contribution < -0.4 is 5.32 Å². The van der Waals surface area contributed by atoms with Crippen molar-refractivity contribution in [2.45, 2.75) is 26.3 Å². The molecule has 1 unspecified atom stereocenters. The van der Waals surface area contributed by atoms with Crippen LogP contribution in [0.15, 0.2) is 36.4 Å². The summed E-state index contributed by atoms with van der Waals surface area (Å²) < 4.78 is 27.7. The van der Waals surface area contributed by atoms with E-state index in [-0.39, 0.29) is 11.9 Å². The maximum Gasteiger partial charge on any atom is 0.131 e. The monoisotopic (exact) mass is 275 g/mol. The van der Waals surface area contributed by atoms with Crippen LogP contribution >= 0.6 is 0 Å². The second-order valence-corrected chi connectivity index (χ2v) is 4.96. The molecular formula is C17H19F2N. The van der Waals surface area contributed by atoms with Gasteiger partial charge in [0, 0.05) is 11.6 Å². The summed E-state index contributed by atoms with van der Waals surface area (Å²) >= 11 is 0. The third kappa shape index (κ3) is 2.88. The molecule has 1 N–H and O–H groups in total. The summed E-state index contributed by atoms with van der Waals surface area (Å²) in [5.41, 5.74) is 2.41. The Morgan fingerprint density at radius 2 is 1.85 bits per heavy atom. The van der Waals surface area contributed by atoms with Gasteiger partial charge in [0.1, 0.15) is 11.6 Å². The van der Waals surface area contributed by atoms with Gasteiger partial charge in [-0.2, -0.15) is 0 Å². The van der Waals surface area contributed by atoms with Crippen LogP contribution in [-0.4, -0.2) is 7.05 Å². The van der Waals surface area contributed by atoms with Crippen molar-refractivity contribution in [1.29, 1.82) is 0 Å². The van der Waals surface area contributed by atoms with Gasteiger partial charge in [0.25, 0.3) is 0 Å². The zero-order valence-electron chi connectivity index (χ0n) is 12.0. The van der Waals surface area contributed by atoms with Gasteiger partial charge in [0.15, 0.2) is 0 Å². The van der Waals surface area contributed by atoms with Crippen molar-refractivity contribution >= 4 is 0 Å². The highest BCUT2D eigenvalue weighted by Gasteiger charge is 2.12. The first kappa shape index (κ1) is 14.7. The fourth-order valence-corrected chi connectivity index (χ4v) is 2.40. The molecule has 0 spiro atoms. The Kier molecular flexibility index (Phi) is 4.50. The van der Waals surface area contributed by atoms with Gasteiger partial charge in [-0.3, -0.25) is 0 Å². The van der Waals surface area contributed by atoms with Gasteiger partial charge < -0.3 is 5.32 Å². The quantitative estimate of drug-likeness (QED) is 0.859. The molecule has 0 bridgehead atoms. The van der Waals surface area contributed by atoms with Gasteiger partial charge in [-0.15, -0.1) is 0 Å². The Bertz CT molecular complexity index is 604. The number of hydrogen-bond acceptors (Lipinski definition) is 1. The third-order valence-electron chi connectivity index (χ3n) is 3.61. The molecule has 1 nitrogen and oxygen atoms in total. The van der Waals surface area contributed by atoms with Crippen LogP contribution in [0.3, 0.4) is 0 Å². The standard InChI is InChI=1S/C17H19F2N/c1-4-17(20-3)13-7-5-6-12(9-13)14-10-15(18)11(2)8-16(14)19/h5-10,17,20H,4H2,1-3H3. The lowest BCUT2D eigenvalue weighted by Crippen LogP contribution is -2.15. The fourth-order valence-electron chi connectivity index (χ4n) is 2.40. The lowest BCUT2D eigenvalue weighted by molar-refractivity contribution is 0.577. The van der Waals surface area contributed by atoms with Crippen LogP contribution in [0, 0.1) is 18.6 Å². The number of hydrogen-bond donors (Lipinski definition) is 1. The molecule has 20 heavy (non-hydrogen) atoms. The lowest BCUT2D eigenvalue weighted by Gasteiger charge is -2.15. The zero-order chi connectivity index (χ0) is 14.7. The topological polar surface area (TPSA) is 12.0 Å². The first-order chi connectivity index (χ1) is 9.56. The summed E-state index contributed by atoms with van der Waals surface area (Å²) in [4.78, 5) is 0. The Balaban J connectivity index is 2.48. The fraction of sp³-hybridized carbons (Fsp3) is 0.294. The highest BCUT2D eigenvalue weighted by atomic mass is 19.1. The Morgan fingerprint density at radius 1 is 1.10 bits per heavy atom. The van der Waals surface area contributed by atoms with E-state index in [0.717, 1.165) is 12.0 Å². The number of rotatable bonds is 4. The average Bonchev–Trinajstić information content (AvgIpc) is 2.44. The van der Waals surface area contributed by atoms with Crippen LogP contribution in [0.25, 0.3) is 11.1 Å². The van der Waals surface area contributed by atoms with E-state index in [0.29, 0.717) is 16.7 Å². The smallest absolute Gasteiger partial charge is 0.131 e. The lowest BCUT2D eigenvalue weighted by atomic mass is 9.97. The van der Waals surface area contributed by atoms with Crippen molar-refractivity contribution in [3.05, 3.63) is 59.2 Å². The SMILES string of the molecule is CCC(NC)c1cccc(-c2cc(F)c(C)cc2F)c1. The van der Waals surface area contributed by atoms with E-state index in [4.69, 9.17) is 0 Å². The van der Waals surface area contributed by atoms with Crippen molar-refractivity contribution in [1.82, 2.24) is 5.32 Å². The van der Waals surface area contributed by atoms with Crippen LogP contribution in [-0.2, 0) is 0 Å². The maximum atomic E-state index is 14.0. The molecule has 1 atom stereocenters. The maximum absolute atomic E-state index is 14.0. The number of nitrogens with one attached hydrogen (secondary N) is 1. The molecule has 3 heteroatoms. The van der Waals surface area contributed by atoms with Crippen molar-refractivity contribution in [2.24, 2.45) is 0 Å². The summed E-state index contributed by atoms with van der Waals surface area (Å²) in [5, 5.41) is 3.21. The summed E-state index contributed by atoms with van der Waals surface area (Å²) in [6.07, 6.45) is 0.935. The minimum absolute atomic E-state index is 0.216. The Morgan fingerprint density at radius 3 is 2.50 bits per heavy atom. The molecule has 0 saturated carbocycles. The minimum Gasteiger partial charge on any atom is -0.313 e. The molecule has 0 fully saturated rings. The van der Waals surface area contributed by atoms with Gasteiger partial charge in [-0.25, -0.2) is 8.78 Å². The first-order valence-corrected chi connectivity index (χ1v) is 6.80. The summed E-state index contributed by atoms with van der Waals surface area (Å²) in [6, 6.07) is 10.3. The zero-order valence-corrected chi connectivity index (χ0v) is 12.0. The largest absolute Gasteiger partial charge is 0.313 e. The molecule has 2 aromatic rings. The molecular weight excluding hydrogens is 256 g/mol. The number of halogens is 2. The molecule has 0 aromatic heterocycles. The molecule has 0 heterocycles. The minimum atomic E-state index is -0.390. The van der Waals surface area contributed by atoms with Crippen LogP contribution in [0.5, 0.6) is 0 Å². The van der Waals surface area contributed by atoms with Gasteiger partial charge in [-0.05, 0) is 55.3 Å². The van der Waals surface area contributed by atoms with Gasteiger partial charge in [0.05, 0.1) is 0 Å². The Hall–Kier alpha value is -1.74. The Labute approximate surface area is 118 Å². The summed E-state index contributed by atoms with van der Waals surface area (Å²) in [5.74, 6) is -0.772. The molecule has 2 rings (SSSR count). The molecule has 0 radical (unpaired) electrons. The average molecular weight is 275 g/mol. The van der Waals surface area contributed by atoms with E-state index in [1.54, 1.807) is 13.0 Å². The predicted molar refractivity (Wildman–Crippen MR) is 78.6 cm³/mol. The van der Waals surface area contributed by atoms with E-state index in [9.17, 15) is 8.78 Å². The van der Waals surface area contributed by atoms with E-state index >= 15 is 0 Å². The highest BCUT2D eigenvalue weighted by Crippen LogP contribution is 2.28. The van der Waals surface area contributed by atoms with Crippen LogP contribution in [0.1, 0.15) is 30.5 Å². The normalized spacial score (nSPS) is 12.4. The molecule has 2 aromatic carbocycles.